The Morgan fingerprint density at radius 3 is 2.87 bits per heavy atom. The fourth-order valence-corrected chi connectivity index (χ4v) is 1.74. The third-order valence-corrected chi connectivity index (χ3v) is 2.72. The van der Waals surface area contributed by atoms with Gasteiger partial charge in [-0.05, 0) is 27.4 Å². The van der Waals surface area contributed by atoms with Crippen molar-refractivity contribution in [2.45, 2.75) is 13.3 Å². The minimum Gasteiger partial charge on any atom is -0.460 e. The van der Waals surface area contributed by atoms with E-state index < -0.39 is 0 Å². The van der Waals surface area contributed by atoms with Gasteiger partial charge in [0, 0.05) is 17.6 Å². The van der Waals surface area contributed by atoms with E-state index >= 15 is 0 Å². The van der Waals surface area contributed by atoms with E-state index in [1.807, 2.05) is 26.4 Å². The number of thiazole rings is 1. The summed E-state index contributed by atoms with van der Waals surface area (Å²) in [7, 11) is 3.98. The van der Waals surface area contributed by atoms with Crippen LogP contribution in [-0.2, 0) is 4.74 Å². The molecule has 0 atom stereocenters. The largest absolute Gasteiger partial charge is 0.460 e. The number of aromatic nitrogens is 1. The van der Waals surface area contributed by atoms with Crippen LogP contribution in [0, 0.1) is 6.92 Å². The van der Waals surface area contributed by atoms with Gasteiger partial charge in [-0.2, -0.15) is 0 Å². The van der Waals surface area contributed by atoms with E-state index in [1.165, 1.54) is 11.3 Å². The van der Waals surface area contributed by atoms with Gasteiger partial charge >= 0.3 is 5.97 Å². The maximum atomic E-state index is 11.4. The topological polar surface area (TPSA) is 42.4 Å². The molecule has 0 aliphatic heterocycles. The highest BCUT2D eigenvalue weighted by Gasteiger charge is 2.10. The fourth-order valence-electron chi connectivity index (χ4n) is 1.06. The SMILES string of the molecule is Cc1csc(C(=O)OCCCN(C)C)n1. The molecule has 0 aliphatic rings. The van der Waals surface area contributed by atoms with Crippen LogP contribution in [0.25, 0.3) is 0 Å². The average molecular weight is 228 g/mol. The molecule has 1 rings (SSSR count). The molecule has 84 valence electrons. The molecule has 4 nitrogen and oxygen atoms in total. The van der Waals surface area contributed by atoms with Crippen LogP contribution in [0.1, 0.15) is 21.9 Å². The van der Waals surface area contributed by atoms with Gasteiger partial charge in [0.05, 0.1) is 6.61 Å². The summed E-state index contributed by atoms with van der Waals surface area (Å²) in [4.78, 5) is 17.5. The number of rotatable bonds is 5. The summed E-state index contributed by atoms with van der Waals surface area (Å²) in [6.07, 6.45) is 0.850. The lowest BCUT2D eigenvalue weighted by molar-refractivity contribution is 0.0492. The lowest BCUT2D eigenvalue weighted by Crippen LogP contribution is -2.16. The third-order valence-electron chi connectivity index (χ3n) is 1.78. The average Bonchev–Trinajstić information content (AvgIpc) is 2.59. The molecule has 15 heavy (non-hydrogen) atoms. The molecule has 0 unspecified atom stereocenters. The van der Waals surface area contributed by atoms with Gasteiger partial charge in [-0.25, -0.2) is 9.78 Å². The summed E-state index contributed by atoms with van der Waals surface area (Å²) >= 11 is 1.33. The summed E-state index contributed by atoms with van der Waals surface area (Å²) in [5.74, 6) is -0.313. The smallest absolute Gasteiger partial charge is 0.367 e. The molecule has 0 radical (unpaired) electrons. The molecular weight excluding hydrogens is 212 g/mol. The van der Waals surface area contributed by atoms with Crippen LogP contribution in [0.2, 0.25) is 0 Å². The molecule has 1 aromatic heterocycles. The van der Waals surface area contributed by atoms with E-state index in [1.54, 1.807) is 0 Å². The Bertz CT molecular complexity index is 323. The van der Waals surface area contributed by atoms with Gasteiger partial charge in [-0.1, -0.05) is 0 Å². The van der Waals surface area contributed by atoms with Crippen molar-refractivity contribution in [1.82, 2.24) is 9.88 Å². The van der Waals surface area contributed by atoms with Crippen molar-refractivity contribution in [1.29, 1.82) is 0 Å². The van der Waals surface area contributed by atoms with Crippen molar-refractivity contribution in [3.05, 3.63) is 16.1 Å². The summed E-state index contributed by atoms with van der Waals surface area (Å²) in [6.45, 7) is 3.24. The molecule has 0 bridgehead atoms. The van der Waals surface area contributed by atoms with Gasteiger partial charge < -0.3 is 9.64 Å². The first-order chi connectivity index (χ1) is 7.09. The first kappa shape index (κ1) is 12.1. The Morgan fingerprint density at radius 2 is 2.33 bits per heavy atom. The van der Waals surface area contributed by atoms with Crippen molar-refractivity contribution in [3.8, 4) is 0 Å². The molecule has 1 aromatic rings. The van der Waals surface area contributed by atoms with Crippen LogP contribution in [0.3, 0.4) is 0 Å². The molecule has 0 saturated carbocycles. The summed E-state index contributed by atoms with van der Waals surface area (Å²) in [5.41, 5.74) is 0.861. The molecule has 0 aliphatic carbocycles. The molecule has 1 heterocycles. The number of carbonyl (C=O) groups excluding carboxylic acids is 1. The highest BCUT2D eigenvalue weighted by Crippen LogP contribution is 2.09. The second kappa shape index (κ2) is 5.82. The standard InChI is InChI=1S/C10H16N2O2S/c1-8-7-15-9(11-8)10(13)14-6-4-5-12(2)3/h7H,4-6H2,1-3H3. The first-order valence-electron chi connectivity index (χ1n) is 4.83. The fraction of sp³-hybridized carbons (Fsp3) is 0.600. The third kappa shape index (κ3) is 4.40. The number of aryl methyl sites for hydroxylation is 1. The zero-order valence-electron chi connectivity index (χ0n) is 9.32. The molecule has 0 spiro atoms. The Balaban J connectivity index is 2.25. The Labute approximate surface area is 93.9 Å². The van der Waals surface area contributed by atoms with Gasteiger partial charge in [0.25, 0.3) is 0 Å². The Hall–Kier alpha value is -0.940. The number of hydrogen-bond acceptors (Lipinski definition) is 5. The highest BCUT2D eigenvalue weighted by atomic mass is 32.1. The van der Waals surface area contributed by atoms with Gasteiger partial charge in [0.2, 0.25) is 5.01 Å². The highest BCUT2D eigenvalue weighted by molar-refractivity contribution is 7.11. The van der Waals surface area contributed by atoms with Crippen LogP contribution in [0.4, 0.5) is 0 Å². The van der Waals surface area contributed by atoms with Gasteiger partial charge in [-0.3, -0.25) is 0 Å². The van der Waals surface area contributed by atoms with Crippen LogP contribution in [0.15, 0.2) is 5.38 Å². The maximum Gasteiger partial charge on any atom is 0.367 e. The number of hydrogen-bond donors (Lipinski definition) is 0. The minimum absolute atomic E-state index is 0.313. The number of nitrogens with zero attached hydrogens (tertiary/aromatic N) is 2. The van der Waals surface area contributed by atoms with Crippen molar-refractivity contribution in [3.63, 3.8) is 0 Å². The van der Waals surface area contributed by atoms with Gasteiger partial charge in [0.1, 0.15) is 0 Å². The Morgan fingerprint density at radius 1 is 1.60 bits per heavy atom. The van der Waals surface area contributed by atoms with Crippen molar-refractivity contribution >= 4 is 17.3 Å². The molecular formula is C10H16N2O2S. The lowest BCUT2D eigenvalue weighted by atomic mass is 10.4. The van der Waals surface area contributed by atoms with Gasteiger partial charge in [-0.15, -0.1) is 11.3 Å². The van der Waals surface area contributed by atoms with E-state index in [2.05, 4.69) is 9.88 Å². The minimum atomic E-state index is -0.313. The van der Waals surface area contributed by atoms with E-state index in [0.717, 1.165) is 18.7 Å². The van der Waals surface area contributed by atoms with E-state index in [0.29, 0.717) is 11.6 Å². The number of ether oxygens (including phenoxy) is 1. The van der Waals surface area contributed by atoms with Gasteiger partial charge in [0.15, 0.2) is 0 Å². The van der Waals surface area contributed by atoms with Crippen LogP contribution in [-0.4, -0.2) is 43.1 Å². The normalized spacial score (nSPS) is 10.7. The second-order valence-corrected chi connectivity index (χ2v) is 4.44. The van der Waals surface area contributed by atoms with Crippen molar-refractivity contribution in [2.24, 2.45) is 0 Å². The van der Waals surface area contributed by atoms with Crippen molar-refractivity contribution < 1.29 is 9.53 Å². The number of carbonyl (C=O) groups is 1. The quantitative estimate of drug-likeness (QED) is 0.566. The van der Waals surface area contributed by atoms with E-state index in [-0.39, 0.29) is 5.97 Å². The predicted molar refractivity (Wildman–Crippen MR) is 60.3 cm³/mol. The maximum absolute atomic E-state index is 11.4. The molecule has 0 N–H and O–H groups in total. The van der Waals surface area contributed by atoms with Crippen LogP contribution < -0.4 is 0 Å². The molecule has 5 heteroatoms. The van der Waals surface area contributed by atoms with Crippen molar-refractivity contribution in [2.75, 3.05) is 27.2 Å². The Kier molecular flexibility index (Phi) is 4.71. The molecule has 0 aromatic carbocycles. The zero-order chi connectivity index (χ0) is 11.3. The van der Waals surface area contributed by atoms with Crippen LogP contribution >= 0.6 is 11.3 Å². The number of esters is 1. The predicted octanol–water partition coefficient (Wildman–Crippen LogP) is 1.56. The van der Waals surface area contributed by atoms with E-state index in [4.69, 9.17) is 4.74 Å². The molecule has 0 saturated heterocycles. The lowest BCUT2D eigenvalue weighted by Gasteiger charge is -2.08. The summed E-state index contributed by atoms with van der Waals surface area (Å²) in [5, 5.41) is 2.29. The summed E-state index contributed by atoms with van der Waals surface area (Å²) in [6, 6.07) is 0. The molecule has 0 fully saturated rings. The molecule has 0 amide bonds. The first-order valence-corrected chi connectivity index (χ1v) is 5.71. The monoisotopic (exact) mass is 228 g/mol. The van der Waals surface area contributed by atoms with Crippen LogP contribution in [0.5, 0.6) is 0 Å². The zero-order valence-corrected chi connectivity index (χ0v) is 10.1. The summed E-state index contributed by atoms with van der Waals surface area (Å²) < 4.78 is 5.07. The second-order valence-electron chi connectivity index (χ2n) is 3.59. The van der Waals surface area contributed by atoms with E-state index in [9.17, 15) is 4.79 Å².